The molecule has 3 heteroatoms. The van der Waals surface area contributed by atoms with E-state index in [0.717, 1.165) is 28.8 Å². The standard InChI is InChI=1S/C13H18ClNO/c14-13-5-4-12(15)8-11(13)9-16-7-6-10-2-1-3-10/h4-5,8,10H,1-3,6-7,9,15H2. The van der Waals surface area contributed by atoms with Gasteiger partial charge in [-0.3, -0.25) is 0 Å². The molecular formula is C13H18ClNO. The van der Waals surface area contributed by atoms with Crippen LogP contribution in [0.15, 0.2) is 18.2 Å². The molecule has 0 aliphatic heterocycles. The number of benzene rings is 1. The molecule has 1 aliphatic rings. The molecule has 2 nitrogen and oxygen atoms in total. The second-order valence-electron chi connectivity index (χ2n) is 4.49. The van der Waals surface area contributed by atoms with Crippen LogP contribution in [0.4, 0.5) is 5.69 Å². The fourth-order valence-corrected chi connectivity index (χ4v) is 2.09. The molecule has 2 rings (SSSR count). The lowest BCUT2D eigenvalue weighted by atomic mass is 9.83. The van der Waals surface area contributed by atoms with Gasteiger partial charge in [-0.2, -0.15) is 0 Å². The summed E-state index contributed by atoms with van der Waals surface area (Å²) in [6, 6.07) is 5.51. The summed E-state index contributed by atoms with van der Waals surface area (Å²) in [5.41, 5.74) is 7.42. The fraction of sp³-hybridized carbons (Fsp3) is 0.538. The summed E-state index contributed by atoms with van der Waals surface area (Å²) in [4.78, 5) is 0. The minimum atomic E-state index is 0.566. The molecule has 1 aromatic carbocycles. The zero-order valence-corrected chi connectivity index (χ0v) is 10.2. The Morgan fingerprint density at radius 1 is 1.38 bits per heavy atom. The average molecular weight is 240 g/mol. The van der Waals surface area contributed by atoms with Crippen molar-refractivity contribution in [3.63, 3.8) is 0 Å². The van der Waals surface area contributed by atoms with E-state index in [1.54, 1.807) is 6.07 Å². The van der Waals surface area contributed by atoms with Crippen LogP contribution >= 0.6 is 11.6 Å². The number of halogens is 1. The van der Waals surface area contributed by atoms with E-state index in [1.807, 2.05) is 12.1 Å². The summed E-state index contributed by atoms with van der Waals surface area (Å²) >= 11 is 6.04. The van der Waals surface area contributed by atoms with Crippen molar-refractivity contribution in [1.29, 1.82) is 0 Å². The van der Waals surface area contributed by atoms with E-state index in [-0.39, 0.29) is 0 Å². The monoisotopic (exact) mass is 239 g/mol. The molecule has 0 unspecified atom stereocenters. The zero-order valence-electron chi connectivity index (χ0n) is 9.42. The van der Waals surface area contributed by atoms with Crippen LogP contribution in [0, 0.1) is 5.92 Å². The largest absolute Gasteiger partial charge is 0.399 e. The van der Waals surface area contributed by atoms with Crippen molar-refractivity contribution in [2.75, 3.05) is 12.3 Å². The van der Waals surface area contributed by atoms with E-state index in [2.05, 4.69) is 0 Å². The van der Waals surface area contributed by atoms with Crippen molar-refractivity contribution in [2.45, 2.75) is 32.3 Å². The molecule has 0 atom stereocenters. The zero-order chi connectivity index (χ0) is 11.4. The number of ether oxygens (including phenoxy) is 1. The van der Waals surface area contributed by atoms with Crippen molar-refractivity contribution >= 4 is 17.3 Å². The Morgan fingerprint density at radius 3 is 2.88 bits per heavy atom. The normalized spacial score (nSPS) is 16.1. The van der Waals surface area contributed by atoms with Gasteiger partial charge in [-0.05, 0) is 36.1 Å². The van der Waals surface area contributed by atoms with Gasteiger partial charge < -0.3 is 10.5 Å². The highest BCUT2D eigenvalue weighted by Gasteiger charge is 2.16. The van der Waals surface area contributed by atoms with Crippen molar-refractivity contribution < 1.29 is 4.74 Å². The molecule has 1 aliphatic carbocycles. The van der Waals surface area contributed by atoms with Crippen LogP contribution in [0.5, 0.6) is 0 Å². The Labute approximate surface area is 102 Å². The molecule has 1 saturated carbocycles. The van der Waals surface area contributed by atoms with Crippen LogP contribution < -0.4 is 5.73 Å². The van der Waals surface area contributed by atoms with Crippen molar-refractivity contribution in [1.82, 2.24) is 0 Å². The quantitative estimate of drug-likeness (QED) is 0.629. The van der Waals surface area contributed by atoms with Crippen LogP contribution in [0.3, 0.4) is 0 Å². The fourth-order valence-electron chi connectivity index (χ4n) is 1.92. The Morgan fingerprint density at radius 2 is 2.19 bits per heavy atom. The Hall–Kier alpha value is -0.730. The van der Waals surface area contributed by atoms with Gasteiger partial charge in [0.1, 0.15) is 0 Å². The van der Waals surface area contributed by atoms with Crippen LogP contribution in [0.2, 0.25) is 5.02 Å². The summed E-state index contributed by atoms with van der Waals surface area (Å²) in [6.45, 7) is 1.40. The lowest BCUT2D eigenvalue weighted by Crippen LogP contribution is -2.13. The summed E-state index contributed by atoms with van der Waals surface area (Å²) in [5, 5.41) is 0.734. The molecule has 0 saturated heterocycles. The minimum Gasteiger partial charge on any atom is -0.399 e. The van der Waals surface area contributed by atoms with Crippen LogP contribution in [0.1, 0.15) is 31.2 Å². The number of hydrogen-bond acceptors (Lipinski definition) is 2. The van der Waals surface area contributed by atoms with Gasteiger partial charge in [-0.25, -0.2) is 0 Å². The molecule has 16 heavy (non-hydrogen) atoms. The summed E-state index contributed by atoms with van der Waals surface area (Å²) in [5.74, 6) is 0.899. The maximum atomic E-state index is 6.04. The third kappa shape index (κ3) is 3.13. The lowest BCUT2D eigenvalue weighted by Gasteiger charge is -2.24. The summed E-state index contributed by atoms with van der Waals surface area (Å²) in [6.07, 6.45) is 5.33. The summed E-state index contributed by atoms with van der Waals surface area (Å²) < 4.78 is 5.62. The van der Waals surface area contributed by atoms with Gasteiger partial charge in [-0.15, -0.1) is 0 Å². The smallest absolute Gasteiger partial charge is 0.0732 e. The van der Waals surface area contributed by atoms with Gasteiger partial charge in [0.05, 0.1) is 6.61 Å². The topological polar surface area (TPSA) is 35.2 Å². The molecule has 88 valence electrons. The second-order valence-corrected chi connectivity index (χ2v) is 4.90. The lowest BCUT2D eigenvalue weighted by molar-refractivity contribution is 0.0950. The molecule has 0 radical (unpaired) electrons. The van der Waals surface area contributed by atoms with E-state index >= 15 is 0 Å². The van der Waals surface area contributed by atoms with E-state index in [4.69, 9.17) is 22.1 Å². The van der Waals surface area contributed by atoms with Gasteiger partial charge in [0, 0.05) is 17.3 Å². The molecule has 0 spiro atoms. The minimum absolute atomic E-state index is 0.566. The first-order valence-corrected chi connectivity index (χ1v) is 6.25. The Kier molecular flexibility index (Phi) is 4.08. The van der Waals surface area contributed by atoms with E-state index < -0.39 is 0 Å². The van der Waals surface area contributed by atoms with Crippen molar-refractivity contribution in [3.05, 3.63) is 28.8 Å². The predicted octanol–water partition coefficient (Wildman–Crippen LogP) is 3.63. The van der Waals surface area contributed by atoms with Gasteiger partial charge in [-0.1, -0.05) is 30.9 Å². The molecule has 1 fully saturated rings. The van der Waals surface area contributed by atoms with Crippen LogP contribution in [-0.2, 0) is 11.3 Å². The molecule has 0 bridgehead atoms. The highest BCUT2D eigenvalue weighted by molar-refractivity contribution is 6.31. The first-order valence-electron chi connectivity index (χ1n) is 5.87. The van der Waals surface area contributed by atoms with E-state index in [0.29, 0.717) is 6.61 Å². The molecule has 0 aromatic heterocycles. The number of hydrogen-bond donors (Lipinski definition) is 1. The van der Waals surface area contributed by atoms with Crippen molar-refractivity contribution in [2.24, 2.45) is 5.92 Å². The van der Waals surface area contributed by atoms with Crippen molar-refractivity contribution in [3.8, 4) is 0 Å². The third-order valence-electron chi connectivity index (χ3n) is 3.22. The number of nitrogen functional groups attached to an aromatic ring is 1. The van der Waals surface area contributed by atoms with Crippen LogP contribution in [-0.4, -0.2) is 6.61 Å². The molecule has 0 heterocycles. The second kappa shape index (κ2) is 5.55. The van der Waals surface area contributed by atoms with Gasteiger partial charge >= 0.3 is 0 Å². The maximum Gasteiger partial charge on any atom is 0.0732 e. The third-order valence-corrected chi connectivity index (χ3v) is 3.59. The van der Waals surface area contributed by atoms with Gasteiger partial charge in [0.15, 0.2) is 0 Å². The number of nitrogens with two attached hydrogens (primary N) is 1. The Bertz CT molecular complexity index is 350. The average Bonchev–Trinajstić information content (AvgIpc) is 2.20. The van der Waals surface area contributed by atoms with E-state index in [9.17, 15) is 0 Å². The number of rotatable bonds is 5. The van der Waals surface area contributed by atoms with Crippen LogP contribution in [0.25, 0.3) is 0 Å². The highest BCUT2D eigenvalue weighted by atomic mass is 35.5. The molecule has 2 N–H and O–H groups in total. The van der Waals surface area contributed by atoms with Gasteiger partial charge in [0.25, 0.3) is 0 Å². The van der Waals surface area contributed by atoms with Gasteiger partial charge in [0.2, 0.25) is 0 Å². The molecule has 1 aromatic rings. The number of anilines is 1. The summed E-state index contributed by atoms with van der Waals surface area (Å²) in [7, 11) is 0. The SMILES string of the molecule is Nc1ccc(Cl)c(COCCC2CCC2)c1. The predicted molar refractivity (Wildman–Crippen MR) is 67.5 cm³/mol. The molecule has 0 amide bonds. The molecular weight excluding hydrogens is 222 g/mol. The highest BCUT2D eigenvalue weighted by Crippen LogP contribution is 2.29. The van der Waals surface area contributed by atoms with E-state index in [1.165, 1.54) is 25.7 Å². The first kappa shape index (κ1) is 11.7. The maximum absolute atomic E-state index is 6.04. The Balaban J connectivity index is 1.73. The first-order chi connectivity index (χ1) is 7.75.